The highest BCUT2D eigenvalue weighted by Crippen LogP contribution is 2.38. The van der Waals surface area contributed by atoms with Gasteiger partial charge < -0.3 is 19.7 Å². The van der Waals surface area contributed by atoms with Crippen molar-refractivity contribution in [3.8, 4) is 6.01 Å². The number of aliphatic hydroxyl groups excluding tert-OH is 2. The number of nitrogens with zero attached hydrogens (tertiary/aromatic N) is 2. The quantitative estimate of drug-likeness (QED) is 0.590. The van der Waals surface area contributed by atoms with Crippen molar-refractivity contribution in [1.82, 2.24) is 9.55 Å². The van der Waals surface area contributed by atoms with Crippen LogP contribution in [-0.4, -0.2) is 44.7 Å². The number of aliphatic hydroxyl groups is 2. The van der Waals surface area contributed by atoms with Crippen molar-refractivity contribution in [2.45, 2.75) is 24.5 Å². The Balaban J connectivity index is 1.99. The average molecular weight is 226 g/mol. The molecule has 86 valence electrons. The zero-order chi connectivity index (χ0) is 11.3. The van der Waals surface area contributed by atoms with Crippen LogP contribution in [0.2, 0.25) is 0 Å². The lowest BCUT2D eigenvalue weighted by molar-refractivity contribution is -0.0434. The van der Waals surface area contributed by atoms with E-state index in [0.29, 0.717) is 0 Å². The maximum Gasteiger partial charge on any atom is 0.302 e. The standard InChI is InChI=1S/C9H10N2O5/c12-3-4-6(14)7-8(15-4)11-2-1-5(13)10-9(11)16-7/h1-2,4,6-8,12,14H,3H2/t4-,6?,7+,8+/m1/s1. The van der Waals surface area contributed by atoms with Gasteiger partial charge in [-0.3, -0.25) is 9.36 Å². The van der Waals surface area contributed by atoms with E-state index in [1.807, 2.05) is 0 Å². The highest BCUT2D eigenvalue weighted by atomic mass is 16.6. The monoisotopic (exact) mass is 226 g/mol. The molecule has 7 nitrogen and oxygen atoms in total. The van der Waals surface area contributed by atoms with Crippen LogP contribution in [0.25, 0.3) is 0 Å². The van der Waals surface area contributed by atoms with Crippen LogP contribution in [0.4, 0.5) is 0 Å². The molecule has 0 bridgehead atoms. The van der Waals surface area contributed by atoms with Crippen molar-refractivity contribution in [3.05, 3.63) is 22.6 Å². The van der Waals surface area contributed by atoms with E-state index in [2.05, 4.69) is 4.98 Å². The van der Waals surface area contributed by atoms with Crippen LogP contribution in [0.3, 0.4) is 0 Å². The van der Waals surface area contributed by atoms with E-state index in [1.54, 1.807) is 0 Å². The molecule has 16 heavy (non-hydrogen) atoms. The molecule has 3 rings (SSSR count). The Morgan fingerprint density at radius 3 is 3.12 bits per heavy atom. The van der Waals surface area contributed by atoms with Crippen LogP contribution in [-0.2, 0) is 4.74 Å². The van der Waals surface area contributed by atoms with E-state index < -0.39 is 30.1 Å². The first-order chi connectivity index (χ1) is 7.70. The van der Waals surface area contributed by atoms with Gasteiger partial charge in [0.05, 0.1) is 6.61 Å². The van der Waals surface area contributed by atoms with Crippen molar-refractivity contribution >= 4 is 0 Å². The highest BCUT2D eigenvalue weighted by molar-refractivity contribution is 5.10. The summed E-state index contributed by atoms with van der Waals surface area (Å²) >= 11 is 0. The fourth-order valence-electron chi connectivity index (χ4n) is 2.02. The fraction of sp³-hybridized carbons (Fsp3) is 0.556. The molecule has 0 saturated carbocycles. The van der Waals surface area contributed by atoms with Gasteiger partial charge in [0.1, 0.15) is 12.2 Å². The molecule has 4 atom stereocenters. The Morgan fingerprint density at radius 1 is 1.56 bits per heavy atom. The molecular formula is C9H10N2O5. The van der Waals surface area contributed by atoms with Crippen LogP contribution in [0.15, 0.2) is 17.1 Å². The summed E-state index contributed by atoms with van der Waals surface area (Å²) in [7, 11) is 0. The lowest BCUT2D eigenvalue weighted by Crippen LogP contribution is -2.34. The summed E-state index contributed by atoms with van der Waals surface area (Å²) in [6.45, 7) is -0.277. The third kappa shape index (κ3) is 1.19. The van der Waals surface area contributed by atoms with Gasteiger partial charge in [-0.05, 0) is 0 Å². The molecule has 1 fully saturated rings. The Kier molecular flexibility index (Phi) is 2.00. The van der Waals surface area contributed by atoms with E-state index in [-0.39, 0.29) is 12.6 Å². The van der Waals surface area contributed by atoms with Crippen LogP contribution >= 0.6 is 0 Å². The summed E-state index contributed by atoms with van der Waals surface area (Å²) in [6, 6.07) is 1.43. The maximum atomic E-state index is 11.0. The topological polar surface area (TPSA) is 93.8 Å². The number of hydrogen-bond donors (Lipinski definition) is 2. The third-order valence-electron chi connectivity index (χ3n) is 2.81. The molecule has 2 aliphatic rings. The highest BCUT2D eigenvalue weighted by Gasteiger charge is 2.50. The lowest BCUT2D eigenvalue weighted by Gasteiger charge is -2.13. The van der Waals surface area contributed by atoms with Gasteiger partial charge in [-0.15, -0.1) is 0 Å². The molecule has 1 saturated heterocycles. The maximum absolute atomic E-state index is 11.0. The second-order valence-electron chi connectivity index (χ2n) is 3.78. The van der Waals surface area contributed by atoms with Gasteiger partial charge in [0, 0.05) is 12.3 Å². The predicted octanol–water partition coefficient (Wildman–Crippen LogP) is -1.75. The second-order valence-corrected chi connectivity index (χ2v) is 3.78. The van der Waals surface area contributed by atoms with Gasteiger partial charge in [0.2, 0.25) is 0 Å². The largest absolute Gasteiger partial charge is 0.453 e. The number of aromatic nitrogens is 2. The summed E-state index contributed by atoms with van der Waals surface area (Å²) in [5.74, 6) is 0. The molecule has 1 aromatic heterocycles. The lowest BCUT2D eigenvalue weighted by atomic mass is 10.1. The summed E-state index contributed by atoms with van der Waals surface area (Å²) in [4.78, 5) is 14.7. The van der Waals surface area contributed by atoms with E-state index in [4.69, 9.17) is 14.6 Å². The summed E-state index contributed by atoms with van der Waals surface area (Å²) < 4.78 is 12.3. The Labute approximate surface area is 89.9 Å². The minimum Gasteiger partial charge on any atom is -0.453 e. The molecule has 2 aliphatic heterocycles. The summed E-state index contributed by atoms with van der Waals surface area (Å²) in [6.07, 6.45) is -1.24. The smallest absolute Gasteiger partial charge is 0.302 e. The first-order valence-electron chi connectivity index (χ1n) is 4.91. The van der Waals surface area contributed by atoms with Gasteiger partial charge in [-0.1, -0.05) is 0 Å². The minimum absolute atomic E-state index is 0.137. The number of rotatable bonds is 1. The second kappa shape index (κ2) is 3.27. The Bertz CT molecular complexity index is 473. The van der Waals surface area contributed by atoms with Crippen LogP contribution in [0.1, 0.15) is 6.23 Å². The number of ether oxygens (including phenoxy) is 2. The number of hydrogen-bond acceptors (Lipinski definition) is 6. The van der Waals surface area contributed by atoms with Crippen molar-refractivity contribution in [2.24, 2.45) is 0 Å². The third-order valence-corrected chi connectivity index (χ3v) is 2.81. The minimum atomic E-state index is -0.924. The molecule has 2 N–H and O–H groups in total. The van der Waals surface area contributed by atoms with Crippen molar-refractivity contribution in [1.29, 1.82) is 0 Å². The fourth-order valence-corrected chi connectivity index (χ4v) is 2.02. The molecule has 3 heterocycles. The van der Waals surface area contributed by atoms with Gasteiger partial charge in [0.25, 0.3) is 5.56 Å². The summed E-state index contributed by atoms with van der Waals surface area (Å²) in [5, 5.41) is 18.7. The van der Waals surface area contributed by atoms with E-state index in [1.165, 1.54) is 16.8 Å². The average Bonchev–Trinajstić information content (AvgIpc) is 2.75. The normalized spacial score (nSPS) is 35.6. The van der Waals surface area contributed by atoms with Gasteiger partial charge in [-0.25, -0.2) is 0 Å². The zero-order valence-electron chi connectivity index (χ0n) is 8.18. The summed E-state index contributed by atoms with van der Waals surface area (Å²) in [5.41, 5.74) is -0.403. The Hall–Kier alpha value is -1.44. The molecule has 1 unspecified atom stereocenters. The van der Waals surface area contributed by atoms with Crippen molar-refractivity contribution < 1.29 is 19.7 Å². The Morgan fingerprint density at radius 2 is 2.38 bits per heavy atom. The molecule has 0 aliphatic carbocycles. The predicted molar refractivity (Wildman–Crippen MR) is 49.9 cm³/mol. The molecule has 0 amide bonds. The van der Waals surface area contributed by atoms with Gasteiger partial charge >= 0.3 is 6.01 Å². The van der Waals surface area contributed by atoms with Gasteiger partial charge in [0.15, 0.2) is 12.3 Å². The molecule has 0 spiro atoms. The van der Waals surface area contributed by atoms with E-state index in [9.17, 15) is 9.90 Å². The van der Waals surface area contributed by atoms with Crippen LogP contribution in [0, 0.1) is 0 Å². The molecular weight excluding hydrogens is 216 g/mol. The van der Waals surface area contributed by atoms with Gasteiger partial charge in [-0.2, -0.15) is 4.98 Å². The van der Waals surface area contributed by atoms with Crippen LogP contribution in [0.5, 0.6) is 6.01 Å². The van der Waals surface area contributed by atoms with E-state index >= 15 is 0 Å². The SMILES string of the molecule is O=c1ccn2c(n1)O[C@H]1C(O)[C@@H](CO)O[C@@H]12. The van der Waals surface area contributed by atoms with E-state index in [0.717, 1.165) is 0 Å². The molecule has 1 aromatic rings. The van der Waals surface area contributed by atoms with Crippen LogP contribution < -0.4 is 10.3 Å². The first-order valence-corrected chi connectivity index (χ1v) is 4.91. The zero-order valence-corrected chi connectivity index (χ0v) is 8.18. The molecule has 0 aromatic carbocycles. The first kappa shape index (κ1) is 9.76. The van der Waals surface area contributed by atoms with Crippen molar-refractivity contribution in [2.75, 3.05) is 6.61 Å². The number of fused-ring (bicyclic) bond motifs is 3. The molecule has 7 heteroatoms. The van der Waals surface area contributed by atoms with Crippen molar-refractivity contribution in [3.63, 3.8) is 0 Å². The molecule has 0 radical (unpaired) electrons.